The number of nitrogens with zero attached hydrogens (tertiary/aromatic N) is 5. The fourth-order valence-electron chi connectivity index (χ4n) is 5.92. The average Bonchev–Trinajstić information content (AvgIpc) is 3.25. The number of hydrogen-bond acceptors (Lipinski definition) is 4. The lowest BCUT2D eigenvalue weighted by Crippen LogP contribution is -2.65. The standard InChI is InChI=1S/C23H31N5O/c1-2-4-20-18-11-19(21-5-3-6-23(29)28(20)21)15-27(14-18)22-8-7-17(12-25-22)13-26-10-9-24-16-26/h7-10,12,16,18-21H,2-6,11,13-15H2,1H3/t18-,19+,20-,21-/m0/s1. The van der Waals surface area contributed by atoms with Gasteiger partial charge >= 0.3 is 0 Å². The van der Waals surface area contributed by atoms with Gasteiger partial charge in [0.05, 0.1) is 6.33 Å². The number of carbonyl (C=O) groups is 1. The summed E-state index contributed by atoms with van der Waals surface area (Å²) in [5.74, 6) is 2.64. The maximum atomic E-state index is 12.8. The second-order valence-electron chi connectivity index (χ2n) is 9.04. The highest BCUT2D eigenvalue weighted by Gasteiger charge is 2.49. The number of rotatable bonds is 5. The van der Waals surface area contributed by atoms with Crippen molar-refractivity contribution in [2.75, 3.05) is 18.0 Å². The molecule has 2 bridgehead atoms. The topological polar surface area (TPSA) is 54.3 Å². The molecule has 3 fully saturated rings. The summed E-state index contributed by atoms with van der Waals surface area (Å²) in [7, 11) is 0. The molecule has 1 amide bonds. The van der Waals surface area contributed by atoms with Gasteiger partial charge in [0.2, 0.25) is 5.91 Å². The second-order valence-corrected chi connectivity index (χ2v) is 9.04. The van der Waals surface area contributed by atoms with Gasteiger partial charge in [-0.2, -0.15) is 0 Å². The van der Waals surface area contributed by atoms with Gasteiger partial charge in [-0.15, -0.1) is 0 Å². The monoisotopic (exact) mass is 393 g/mol. The lowest BCUT2D eigenvalue weighted by atomic mass is 9.71. The molecule has 0 spiro atoms. The number of fused-ring (bicyclic) bond motifs is 4. The third-order valence-electron chi connectivity index (χ3n) is 7.14. The minimum Gasteiger partial charge on any atom is -0.356 e. The Labute approximate surface area is 172 Å². The van der Waals surface area contributed by atoms with Crippen LogP contribution in [-0.4, -0.2) is 50.5 Å². The summed E-state index contributed by atoms with van der Waals surface area (Å²) in [6, 6.07) is 5.21. The molecule has 0 aliphatic carbocycles. The van der Waals surface area contributed by atoms with Gasteiger partial charge in [0.25, 0.3) is 0 Å². The van der Waals surface area contributed by atoms with E-state index in [-0.39, 0.29) is 0 Å². The van der Waals surface area contributed by atoms with Gasteiger partial charge in [0.1, 0.15) is 5.82 Å². The third kappa shape index (κ3) is 3.53. The van der Waals surface area contributed by atoms with Crippen LogP contribution in [0.3, 0.4) is 0 Å². The highest BCUT2D eigenvalue weighted by atomic mass is 16.2. The van der Waals surface area contributed by atoms with Crippen molar-refractivity contribution < 1.29 is 4.79 Å². The van der Waals surface area contributed by atoms with Crippen molar-refractivity contribution in [2.45, 2.75) is 64.1 Å². The number of hydrogen-bond donors (Lipinski definition) is 0. The Morgan fingerprint density at radius 2 is 2.10 bits per heavy atom. The van der Waals surface area contributed by atoms with E-state index in [1.165, 1.54) is 18.4 Å². The Bertz CT molecular complexity index is 833. The SMILES string of the molecule is CCC[C@H]1[C@H]2C[C@H](CN(c3ccc(Cn4ccnc4)cn3)C2)[C@@H]2CCCC(=O)N21. The van der Waals surface area contributed by atoms with Crippen LogP contribution in [0.25, 0.3) is 0 Å². The molecule has 0 unspecified atom stereocenters. The van der Waals surface area contributed by atoms with Crippen LogP contribution in [0, 0.1) is 11.8 Å². The lowest BCUT2D eigenvalue weighted by molar-refractivity contribution is -0.149. The van der Waals surface area contributed by atoms with E-state index >= 15 is 0 Å². The van der Waals surface area contributed by atoms with Crippen LogP contribution >= 0.6 is 0 Å². The van der Waals surface area contributed by atoms with Gasteiger partial charge in [-0.3, -0.25) is 4.79 Å². The zero-order valence-corrected chi connectivity index (χ0v) is 17.3. The largest absolute Gasteiger partial charge is 0.356 e. The predicted molar refractivity (Wildman–Crippen MR) is 113 cm³/mol. The molecule has 6 heteroatoms. The Balaban J connectivity index is 1.34. The first-order chi connectivity index (χ1) is 14.2. The molecule has 0 radical (unpaired) electrons. The van der Waals surface area contributed by atoms with Gasteiger partial charge in [-0.25, -0.2) is 9.97 Å². The molecule has 5 heterocycles. The molecule has 3 aliphatic heterocycles. The van der Waals surface area contributed by atoms with Gasteiger partial charge < -0.3 is 14.4 Å². The second kappa shape index (κ2) is 7.81. The molecule has 4 atom stereocenters. The number of carbonyl (C=O) groups excluding carboxylic acids is 1. The van der Waals surface area contributed by atoms with Crippen molar-refractivity contribution in [2.24, 2.45) is 11.8 Å². The van der Waals surface area contributed by atoms with Crippen LogP contribution in [-0.2, 0) is 11.3 Å². The van der Waals surface area contributed by atoms with Crippen molar-refractivity contribution in [3.63, 3.8) is 0 Å². The first kappa shape index (κ1) is 18.6. The van der Waals surface area contributed by atoms with E-state index in [9.17, 15) is 4.79 Å². The summed E-state index contributed by atoms with van der Waals surface area (Å²) in [6.07, 6.45) is 14.1. The van der Waals surface area contributed by atoms with Crippen LogP contribution in [0.4, 0.5) is 5.82 Å². The fourth-order valence-corrected chi connectivity index (χ4v) is 5.92. The molecular formula is C23H31N5O. The fraction of sp³-hybridized carbons (Fsp3) is 0.609. The Hall–Kier alpha value is -2.37. The number of anilines is 1. The van der Waals surface area contributed by atoms with Gasteiger partial charge in [0, 0.05) is 56.7 Å². The van der Waals surface area contributed by atoms with E-state index in [1.54, 1.807) is 6.20 Å². The van der Waals surface area contributed by atoms with E-state index in [4.69, 9.17) is 4.98 Å². The van der Waals surface area contributed by atoms with E-state index in [0.29, 0.717) is 29.8 Å². The van der Waals surface area contributed by atoms with E-state index in [1.807, 2.05) is 18.7 Å². The average molecular weight is 394 g/mol. The molecule has 3 saturated heterocycles. The summed E-state index contributed by atoms with van der Waals surface area (Å²) in [4.78, 5) is 26.5. The molecule has 29 heavy (non-hydrogen) atoms. The normalized spacial score (nSPS) is 29.1. The van der Waals surface area contributed by atoms with E-state index < -0.39 is 0 Å². The van der Waals surface area contributed by atoms with Crippen LogP contribution in [0.5, 0.6) is 0 Å². The molecular weight excluding hydrogens is 362 g/mol. The number of imidazole rings is 1. The molecule has 2 aromatic heterocycles. The molecule has 5 rings (SSSR count). The Kier molecular flexibility index (Phi) is 5.02. The minimum atomic E-state index is 0.407. The lowest BCUT2D eigenvalue weighted by Gasteiger charge is -2.57. The molecule has 2 aromatic rings. The van der Waals surface area contributed by atoms with E-state index in [2.05, 4.69) is 38.4 Å². The number of pyridine rings is 1. The van der Waals surface area contributed by atoms with Crippen molar-refractivity contribution in [1.82, 2.24) is 19.4 Å². The molecule has 0 N–H and O–H groups in total. The highest BCUT2D eigenvalue weighted by molar-refractivity contribution is 5.78. The number of aromatic nitrogens is 3. The summed E-state index contributed by atoms with van der Waals surface area (Å²) in [5.41, 5.74) is 1.19. The van der Waals surface area contributed by atoms with Gasteiger partial charge in [-0.1, -0.05) is 19.4 Å². The Morgan fingerprint density at radius 3 is 2.86 bits per heavy atom. The smallest absolute Gasteiger partial charge is 0.223 e. The van der Waals surface area contributed by atoms with Crippen molar-refractivity contribution in [3.8, 4) is 0 Å². The number of piperidine rings is 3. The van der Waals surface area contributed by atoms with Crippen LogP contribution in [0.1, 0.15) is 51.0 Å². The third-order valence-corrected chi connectivity index (χ3v) is 7.14. The van der Waals surface area contributed by atoms with E-state index in [0.717, 1.165) is 51.1 Å². The van der Waals surface area contributed by atoms with Crippen molar-refractivity contribution >= 4 is 11.7 Å². The summed E-state index contributed by atoms with van der Waals surface area (Å²) < 4.78 is 2.06. The van der Waals surface area contributed by atoms with Crippen molar-refractivity contribution in [3.05, 3.63) is 42.6 Å². The van der Waals surface area contributed by atoms with Crippen LogP contribution in [0.15, 0.2) is 37.1 Å². The van der Waals surface area contributed by atoms with Crippen molar-refractivity contribution in [1.29, 1.82) is 0 Å². The summed E-state index contributed by atoms with van der Waals surface area (Å²) in [6.45, 7) is 5.09. The molecule has 6 nitrogen and oxygen atoms in total. The maximum Gasteiger partial charge on any atom is 0.223 e. The zero-order valence-electron chi connectivity index (χ0n) is 17.3. The zero-order chi connectivity index (χ0) is 19.8. The number of amides is 1. The Morgan fingerprint density at radius 1 is 1.21 bits per heavy atom. The molecule has 3 aliphatic rings. The van der Waals surface area contributed by atoms with Crippen LogP contribution < -0.4 is 4.90 Å². The summed E-state index contributed by atoms with van der Waals surface area (Å²) in [5, 5.41) is 0. The predicted octanol–water partition coefficient (Wildman–Crippen LogP) is 3.33. The molecule has 0 saturated carbocycles. The highest BCUT2D eigenvalue weighted by Crippen LogP contribution is 2.43. The first-order valence-corrected chi connectivity index (χ1v) is 11.2. The maximum absolute atomic E-state index is 12.8. The quantitative estimate of drug-likeness (QED) is 0.782. The molecule has 0 aromatic carbocycles. The first-order valence-electron chi connectivity index (χ1n) is 11.2. The minimum absolute atomic E-state index is 0.407. The van der Waals surface area contributed by atoms with Gasteiger partial charge in [-0.05, 0) is 49.1 Å². The molecule has 154 valence electrons. The van der Waals surface area contributed by atoms with Gasteiger partial charge in [0.15, 0.2) is 0 Å². The summed E-state index contributed by atoms with van der Waals surface area (Å²) >= 11 is 0. The van der Waals surface area contributed by atoms with Crippen LogP contribution in [0.2, 0.25) is 0 Å².